The Bertz CT molecular complexity index is 969. The number of thiocarbonyl (C=S) groups is 1. The van der Waals surface area contributed by atoms with Crippen LogP contribution in [0.3, 0.4) is 0 Å². The van der Waals surface area contributed by atoms with E-state index in [0.717, 1.165) is 10.4 Å². The van der Waals surface area contributed by atoms with Gasteiger partial charge in [-0.25, -0.2) is 21.5 Å². The molecule has 0 atom stereocenters. The topological polar surface area (TPSA) is 81.7 Å². The monoisotopic (exact) mass is 421 g/mol. The molecule has 0 bridgehead atoms. The molecule has 0 heterocycles. The fourth-order valence-corrected chi connectivity index (χ4v) is 3.65. The highest BCUT2D eigenvalue weighted by atomic mass is 35.5. The Kier molecular flexibility index (Phi) is 6.02. The summed E-state index contributed by atoms with van der Waals surface area (Å²) in [7, 11) is -1.47. The molecule has 0 aliphatic rings. The summed E-state index contributed by atoms with van der Waals surface area (Å²) in [4.78, 5) is -0.506. The lowest BCUT2D eigenvalue weighted by Crippen LogP contribution is -2.24. The molecule has 0 fully saturated rings. The predicted molar refractivity (Wildman–Crippen MR) is 100 cm³/mol. The van der Waals surface area contributed by atoms with E-state index >= 15 is 0 Å². The average molecular weight is 422 g/mol. The number of nitrogens with zero attached hydrogens (tertiary/aromatic N) is 1. The lowest BCUT2D eigenvalue weighted by atomic mass is 10.3. The van der Waals surface area contributed by atoms with Crippen LogP contribution in [0.2, 0.25) is 5.02 Å². The molecule has 3 N–H and O–H groups in total. The first-order valence-electron chi connectivity index (χ1n) is 7.01. The summed E-state index contributed by atoms with van der Waals surface area (Å²) in [5.74, 6) is -2.85. The highest BCUT2D eigenvalue weighted by Gasteiger charge is 2.27. The number of phenols is 1. The molecular weight excluding hydrogens is 408 g/mol. The summed E-state index contributed by atoms with van der Waals surface area (Å²) in [6.45, 7) is 0. The molecule has 0 saturated heterocycles. The lowest BCUT2D eigenvalue weighted by molar-refractivity contribution is 0.455. The molecule has 6 nitrogen and oxygen atoms in total. The van der Waals surface area contributed by atoms with E-state index in [1.807, 2.05) is 0 Å². The van der Waals surface area contributed by atoms with E-state index in [0.29, 0.717) is 0 Å². The van der Waals surface area contributed by atoms with Crippen LogP contribution in [0.5, 0.6) is 5.75 Å². The predicted octanol–water partition coefficient (Wildman–Crippen LogP) is 3.38. The van der Waals surface area contributed by atoms with Crippen LogP contribution in [-0.2, 0) is 10.0 Å². The van der Waals surface area contributed by atoms with E-state index in [1.54, 1.807) is 0 Å². The standard InChI is InChI=1S/C15H14ClF2N3O3S2/c1-21(2)26(23,24)14-8(16)6-7-11(13(14)22)20-15(25)19-10-5-3-4-9(17)12(10)18/h3-7,22H,1-2H3,(H2,19,20,25). The summed E-state index contributed by atoms with van der Waals surface area (Å²) >= 11 is 10.9. The first-order valence-corrected chi connectivity index (χ1v) is 9.24. The largest absolute Gasteiger partial charge is 0.504 e. The number of benzene rings is 2. The molecule has 0 amide bonds. The fourth-order valence-electron chi connectivity index (χ4n) is 1.95. The van der Waals surface area contributed by atoms with Gasteiger partial charge in [0.2, 0.25) is 10.0 Å². The first-order chi connectivity index (χ1) is 12.1. The van der Waals surface area contributed by atoms with E-state index in [4.69, 9.17) is 23.8 Å². The third-order valence-corrected chi connectivity index (χ3v) is 5.79. The van der Waals surface area contributed by atoms with E-state index in [2.05, 4.69) is 10.6 Å². The smallest absolute Gasteiger partial charge is 0.247 e. The molecule has 0 aliphatic heterocycles. The zero-order chi connectivity index (χ0) is 19.6. The zero-order valence-electron chi connectivity index (χ0n) is 13.5. The normalized spacial score (nSPS) is 11.5. The lowest BCUT2D eigenvalue weighted by Gasteiger charge is -2.17. The van der Waals surface area contributed by atoms with Crippen LogP contribution in [0.15, 0.2) is 35.2 Å². The number of hydrogen-bond donors (Lipinski definition) is 3. The zero-order valence-corrected chi connectivity index (χ0v) is 15.9. The molecule has 0 radical (unpaired) electrons. The van der Waals surface area contributed by atoms with Gasteiger partial charge in [0.15, 0.2) is 22.5 Å². The summed E-state index contributed by atoms with van der Waals surface area (Å²) in [6.07, 6.45) is 0. The first kappa shape index (κ1) is 20.3. The van der Waals surface area contributed by atoms with Gasteiger partial charge in [-0.2, -0.15) is 0 Å². The Balaban J connectivity index is 2.33. The van der Waals surface area contributed by atoms with Gasteiger partial charge in [-0.05, 0) is 36.5 Å². The Hall–Kier alpha value is -2.01. The molecule has 0 aromatic heterocycles. The van der Waals surface area contributed by atoms with E-state index in [-0.39, 0.29) is 21.5 Å². The summed E-state index contributed by atoms with van der Waals surface area (Å²) in [5, 5.41) is 14.9. The van der Waals surface area contributed by atoms with Gasteiger partial charge in [-0.1, -0.05) is 17.7 Å². The summed E-state index contributed by atoms with van der Waals surface area (Å²) < 4.78 is 52.4. The number of hydrogen-bond acceptors (Lipinski definition) is 4. The molecule has 0 saturated carbocycles. The van der Waals surface area contributed by atoms with Crippen LogP contribution < -0.4 is 10.6 Å². The summed E-state index contributed by atoms with van der Waals surface area (Å²) in [5.41, 5.74) is -0.304. The van der Waals surface area contributed by atoms with Crippen molar-refractivity contribution < 1.29 is 22.3 Å². The molecule has 2 rings (SSSR count). The van der Waals surface area contributed by atoms with Gasteiger partial charge in [0.05, 0.1) is 16.4 Å². The van der Waals surface area contributed by atoms with Crippen molar-refractivity contribution in [1.29, 1.82) is 0 Å². The van der Waals surface area contributed by atoms with Crippen LogP contribution in [0, 0.1) is 11.6 Å². The van der Waals surface area contributed by atoms with Crippen molar-refractivity contribution >= 4 is 50.3 Å². The number of nitrogens with one attached hydrogen (secondary N) is 2. The van der Waals surface area contributed by atoms with E-state index in [9.17, 15) is 22.3 Å². The van der Waals surface area contributed by atoms with Crippen molar-refractivity contribution in [2.24, 2.45) is 0 Å². The maximum absolute atomic E-state index is 13.7. The van der Waals surface area contributed by atoms with Gasteiger partial charge in [0.25, 0.3) is 0 Å². The minimum Gasteiger partial charge on any atom is -0.504 e. The minimum absolute atomic E-state index is 0.0795. The second kappa shape index (κ2) is 7.70. The maximum atomic E-state index is 13.7. The van der Waals surface area contributed by atoms with Gasteiger partial charge < -0.3 is 15.7 Å². The number of aromatic hydroxyl groups is 1. The van der Waals surface area contributed by atoms with Crippen molar-refractivity contribution in [2.45, 2.75) is 4.90 Å². The second-order valence-electron chi connectivity index (χ2n) is 5.24. The molecule has 140 valence electrons. The molecule has 0 aliphatic carbocycles. The van der Waals surface area contributed by atoms with Crippen LogP contribution in [0.1, 0.15) is 0 Å². The van der Waals surface area contributed by atoms with Crippen molar-refractivity contribution in [3.8, 4) is 5.75 Å². The van der Waals surface area contributed by atoms with Gasteiger partial charge in [0.1, 0.15) is 4.90 Å². The number of rotatable bonds is 4. The average Bonchev–Trinajstić information content (AvgIpc) is 2.54. The Morgan fingerprint density at radius 1 is 1.15 bits per heavy atom. The van der Waals surface area contributed by atoms with Crippen molar-refractivity contribution in [2.75, 3.05) is 24.7 Å². The molecule has 0 spiro atoms. The highest BCUT2D eigenvalue weighted by Crippen LogP contribution is 2.38. The van der Waals surface area contributed by atoms with E-state index in [1.165, 1.54) is 38.4 Å². The second-order valence-corrected chi connectivity index (χ2v) is 8.14. The number of sulfonamides is 1. The molecule has 2 aromatic carbocycles. The van der Waals surface area contributed by atoms with Crippen LogP contribution in [0.25, 0.3) is 0 Å². The quantitative estimate of drug-likeness (QED) is 0.518. The SMILES string of the molecule is CN(C)S(=O)(=O)c1c(Cl)ccc(NC(=S)Nc2cccc(F)c2F)c1O. The van der Waals surface area contributed by atoms with Crippen molar-refractivity contribution in [3.05, 3.63) is 47.0 Å². The van der Waals surface area contributed by atoms with Crippen molar-refractivity contribution in [3.63, 3.8) is 0 Å². The van der Waals surface area contributed by atoms with Crippen molar-refractivity contribution in [1.82, 2.24) is 4.31 Å². The number of halogens is 3. The molecule has 2 aromatic rings. The van der Waals surface area contributed by atoms with Gasteiger partial charge in [0, 0.05) is 14.1 Å². The Morgan fingerprint density at radius 3 is 2.38 bits per heavy atom. The number of anilines is 2. The number of phenolic OH excluding ortho intramolecular Hbond substituents is 1. The minimum atomic E-state index is -4.03. The summed E-state index contributed by atoms with van der Waals surface area (Å²) in [6, 6.07) is 6.04. The molecular formula is C15H14ClF2N3O3S2. The van der Waals surface area contributed by atoms with Gasteiger partial charge in [-0.3, -0.25) is 0 Å². The van der Waals surface area contributed by atoms with Crippen LogP contribution >= 0.6 is 23.8 Å². The Morgan fingerprint density at radius 2 is 1.77 bits per heavy atom. The third-order valence-electron chi connectivity index (χ3n) is 3.27. The molecule has 26 heavy (non-hydrogen) atoms. The maximum Gasteiger partial charge on any atom is 0.247 e. The molecule has 11 heteroatoms. The fraction of sp³-hybridized carbons (Fsp3) is 0.133. The van der Waals surface area contributed by atoms with E-state index < -0.39 is 32.3 Å². The van der Waals surface area contributed by atoms with Gasteiger partial charge in [-0.15, -0.1) is 0 Å². The Labute approximate surface area is 159 Å². The van der Waals surface area contributed by atoms with Gasteiger partial charge >= 0.3 is 0 Å². The van der Waals surface area contributed by atoms with Crippen LogP contribution in [-0.4, -0.2) is 37.0 Å². The highest BCUT2D eigenvalue weighted by molar-refractivity contribution is 7.89. The van der Waals surface area contributed by atoms with Crippen LogP contribution in [0.4, 0.5) is 20.2 Å². The molecule has 0 unspecified atom stereocenters. The third kappa shape index (κ3) is 4.04.